The van der Waals surface area contributed by atoms with Crippen LogP contribution in [0.3, 0.4) is 0 Å². The highest BCUT2D eigenvalue weighted by Crippen LogP contribution is 2.48. The molecule has 68 heavy (non-hydrogen) atoms. The molecule has 0 amide bonds. The Labute approximate surface area is 397 Å². The molecule has 0 saturated heterocycles. The van der Waals surface area contributed by atoms with E-state index in [1.807, 2.05) is 42.8 Å². The van der Waals surface area contributed by atoms with Crippen molar-refractivity contribution < 1.29 is 15.3 Å². The van der Waals surface area contributed by atoms with E-state index in [0.29, 0.717) is 17.5 Å². The maximum Gasteiger partial charge on any atom is 0.132 e. The maximum absolute atomic E-state index is 12.6. The highest BCUT2D eigenvalue weighted by atomic mass is 16.3. The molecular weight excluding hydrogens is 833 g/mol. The van der Waals surface area contributed by atoms with Gasteiger partial charge in [0.1, 0.15) is 11.5 Å². The minimum Gasteiger partial charge on any atom is -0.507 e. The third-order valence-electron chi connectivity index (χ3n) is 13.9. The third kappa shape index (κ3) is 8.09. The van der Waals surface area contributed by atoms with Crippen LogP contribution in [0.4, 0.5) is 0 Å². The average Bonchev–Trinajstić information content (AvgIpc) is 3.39. The molecule has 10 aromatic carbocycles. The molecule has 0 bridgehead atoms. The van der Waals surface area contributed by atoms with Crippen LogP contribution in [0, 0.1) is 0 Å². The largest absolute Gasteiger partial charge is 0.507 e. The first kappa shape index (κ1) is 42.8. The minimum absolute atomic E-state index is 0.123. The lowest BCUT2D eigenvalue weighted by molar-refractivity contribution is 0.288. The summed E-state index contributed by atoms with van der Waals surface area (Å²) in [6, 6.07) is 64.8. The molecule has 11 rings (SSSR count). The van der Waals surface area contributed by atoms with Crippen LogP contribution in [-0.4, -0.2) is 46.4 Å². The van der Waals surface area contributed by atoms with Gasteiger partial charge in [-0.05, 0) is 109 Å². The van der Waals surface area contributed by atoms with Gasteiger partial charge in [0.2, 0.25) is 0 Å². The minimum atomic E-state index is -0.128. The highest BCUT2D eigenvalue weighted by molar-refractivity contribution is 6.16. The van der Waals surface area contributed by atoms with Crippen molar-refractivity contribution in [3.63, 3.8) is 0 Å². The monoisotopic (exact) mass is 884 g/mol. The van der Waals surface area contributed by atoms with Crippen LogP contribution in [0.2, 0.25) is 0 Å². The number of rotatable bonds is 11. The van der Waals surface area contributed by atoms with E-state index < -0.39 is 0 Å². The van der Waals surface area contributed by atoms with Crippen molar-refractivity contribution >= 4 is 55.5 Å². The predicted molar refractivity (Wildman–Crippen MR) is 285 cm³/mol. The van der Waals surface area contributed by atoms with Gasteiger partial charge in [-0.1, -0.05) is 189 Å². The van der Waals surface area contributed by atoms with Crippen molar-refractivity contribution in [2.75, 3.05) is 6.61 Å². The van der Waals surface area contributed by atoms with E-state index in [0.717, 1.165) is 125 Å². The van der Waals surface area contributed by atoms with E-state index in [2.05, 4.69) is 158 Å². The molecule has 0 aliphatic heterocycles. The van der Waals surface area contributed by atoms with Gasteiger partial charge in [0, 0.05) is 52.4 Å². The number of fused-ring (bicyclic) bond motifs is 4. The van der Waals surface area contributed by atoms with Gasteiger partial charge in [-0.25, -0.2) is 0 Å². The molecule has 0 spiro atoms. The summed E-state index contributed by atoms with van der Waals surface area (Å²) in [5, 5.41) is 43.1. The molecule has 1 fully saturated rings. The quantitative estimate of drug-likeness (QED) is 0.113. The zero-order chi connectivity index (χ0) is 46.0. The second kappa shape index (κ2) is 18.8. The Morgan fingerprint density at radius 2 is 0.868 bits per heavy atom. The number of hydrogen-bond acceptors (Lipinski definition) is 5. The summed E-state index contributed by atoms with van der Waals surface area (Å²) in [5.41, 5.74) is 10.2. The Morgan fingerprint density at radius 3 is 1.38 bits per heavy atom. The summed E-state index contributed by atoms with van der Waals surface area (Å²) >= 11 is 0. The lowest BCUT2D eigenvalue weighted by Crippen LogP contribution is -2.27. The van der Waals surface area contributed by atoms with Crippen LogP contribution in [0.1, 0.15) is 48.8 Å². The summed E-state index contributed by atoms with van der Waals surface area (Å²) in [7, 11) is 0. The van der Waals surface area contributed by atoms with E-state index in [1.165, 1.54) is 0 Å². The molecule has 5 heteroatoms. The summed E-state index contributed by atoms with van der Waals surface area (Å²) in [6.45, 7) is 0.124. The van der Waals surface area contributed by atoms with Crippen molar-refractivity contribution in [1.82, 2.24) is 0 Å². The van der Waals surface area contributed by atoms with E-state index in [1.54, 1.807) is 0 Å². The number of aliphatic imine (C=N–C) groups is 2. The molecule has 10 aromatic rings. The fraction of sp³-hybridized carbons (Fsp3) is 0.143. The van der Waals surface area contributed by atoms with E-state index in [4.69, 9.17) is 9.98 Å². The molecule has 3 N–H and O–H groups in total. The van der Waals surface area contributed by atoms with Crippen LogP contribution >= 0.6 is 0 Å². The maximum atomic E-state index is 12.6. The zero-order valence-corrected chi connectivity index (χ0v) is 37.9. The number of hydrogen-bond donors (Lipinski definition) is 3. The Balaban J connectivity index is 1.02. The van der Waals surface area contributed by atoms with Crippen molar-refractivity contribution in [2.24, 2.45) is 9.98 Å². The molecule has 0 unspecified atom stereocenters. The number of phenols is 2. The normalized spacial score (nSPS) is 15.4. The summed E-state index contributed by atoms with van der Waals surface area (Å²) in [5.74, 6) is 0.387. The van der Waals surface area contributed by atoms with Crippen LogP contribution in [0.5, 0.6) is 11.5 Å². The molecule has 1 aliphatic carbocycles. The van der Waals surface area contributed by atoms with E-state index in [9.17, 15) is 15.3 Å². The first-order valence-corrected chi connectivity index (χ1v) is 23.9. The molecule has 5 nitrogen and oxygen atoms in total. The second-order valence-electron chi connectivity index (χ2n) is 18.1. The van der Waals surface area contributed by atoms with Gasteiger partial charge in [0.25, 0.3) is 0 Å². The number of benzene rings is 10. The van der Waals surface area contributed by atoms with Gasteiger partial charge in [-0.3, -0.25) is 9.98 Å². The molecule has 0 radical (unpaired) electrons. The van der Waals surface area contributed by atoms with Crippen LogP contribution in [-0.2, 0) is 6.42 Å². The van der Waals surface area contributed by atoms with Crippen molar-refractivity contribution in [3.8, 4) is 56.0 Å². The van der Waals surface area contributed by atoms with E-state index >= 15 is 0 Å². The van der Waals surface area contributed by atoms with Crippen molar-refractivity contribution in [1.29, 1.82) is 0 Å². The standard InChI is InChI=1S/C63H52N2O3/c66-35-15-16-41-29-32-55-47(36-41)38-49(63(68)61(55)59-51-25-11-8-22-45(51)31-34-54(59)43-19-5-2-6-20-43)40-65-57-28-14-13-27-56(57)64-39-48-37-46-23-9-12-26-52(46)60(62(48)67)58-50-24-10-7-21-44(50)30-33-53(58)42-17-3-1-4-18-42/h1-12,17-26,29-34,36-40,56-57,66-68H,13-16,27-28,35H2/t56-,57-/m0/s1. The van der Waals surface area contributed by atoms with Crippen LogP contribution in [0.25, 0.3) is 87.6 Å². The first-order chi connectivity index (χ1) is 33.5. The lowest BCUT2D eigenvalue weighted by atomic mass is 9.85. The smallest absolute Gasteiger partial charge is 0.132 e. The van der Waals surface area contributed by atoms with Gasteiger partial charge < -0.3 is 15.3 Å². The molecule has 332 valence electrons. The Morgan fingerprint density at radius 1 is 0.426 bits per heavy atom. The van der Waals surface area contributed by atoms with Crippen molar-refractivity contribution in [3.05, 3.63) is 205 Å². The lowest BCUT2D eigenvalue weighted by Gasteiger charge is -2.26. The van der Waals surface area contributed by atoms with Crippen LogP contribution < -0.4 is 0 Å². The SMILES string of the molecule is OCCCc1ccc2c(-c3c(-c4ccccc4)ccc4ccccc34)c(O)c(C=N[C@H]3CCCC[C@@H]3N=Cc3cc4ccccc4c(-c4c(-c5ccccc5)ccc5ccccc45)c3O)cc2c1. The third-order valence-corrected chi connectivity index (χ3v) is 13.9. The van der Waals surface area contributed by atoms with Crippen LogP contribution in [0.15, 0.2) is 198 Å². The molecular formula is C63H52N2O3. The Hall–Kier alpha value is -7.86. The number of nitrogens with zero attached hydrogens (tertiary/aromatic N) is 2. The average molecular weight is 885 g/mol. The zero-order valence-electron chi connectivity index (χ0n) is 37.9. The number of phenolic OH excluding ortho intramolecular Hbond substituents is 2. The van der Waals surface area contributed by atoms with E-state index in [-0.39, 0.29) is 30.2 Å². The second-order valence-corrected chi connectivity index (χ2v) is 18.1. The van der Waals surface area contributed by atoms with Gasteiger partial charge in [0.15, 0.2) is 0 Å². The molecule has 1 aliphatic rings. The Kier molecular flexibility index (Phi) is 11.8. The summed E-state index contributed by atoms with van der Waals surface area (Å²) in [4.78, 5) is 10.6. The summed E-state index contributed by atoms with van der Waals surface area (Å²) in [6.07, 6.45) is 8.93. The fourth-order valence-electron chi connectivity index (χ4n) is 10.6. The predicted octanol–water partition coefficient (Wildman–Crippen LogP) is 15.2. The number of aliphatic hydroxyl groups excluding tert-OH is 1. The molecule has 0 aromatic heterocycles. The number of aliphatic hydroxyl groups is 1. The number of aryl methyl sites for hydroxylation is 1. The summed E-state index contributed by atoms with van der Waals surface area (Å²) < 4.78 is 0. The Bertz CT molecular complexity index is 3540. The molecule has 0 heterocycles. The van der Waals surface area contributed by atoms with Gasteiger partial charge in [-0.15, -0.1) is 0 Å². The van der Waals surface area contributed by atoms with Gasteiger partial charge in [0.05, 0.1) is 12.1 Å². The number of aromatic hydroxyl groups is 2. The topological polar surface area (TPSA) is 85.4 Å². The highest BCUT2D eigenvalue weighted by Gasteiger charge is 2.26. The molecule has 2 atom stereocenters. The van der Waals surface area contributed by atoms with Gasteiger partial charge >= 0.3 is 0 Å². The van der Waals surface area contributed by atoms with Crippen molar-refractivity contribution in [2.45, 2.75) is 50.6 Å². The first-order valence-electron chi connectivity index (χ1n) is 23.9. The fourth-order valence-corrected chi connectivity index (χ4v) is 10.6. The van der Waals surface area contributed by atoms with Gasteiger partial charge in [-0.2, -0.15) is 0 Å². The molecule has 1 saturated carbocycles.